The fourth-order valence-corrected chi connectivity index (χ4v) is 4.34. The van der Waals surface area contributed by atoms with Crippen LogP contribution in [0.5, 0.6) is 0 Å². The molecule has 1 spiro atoms. The zero-order valence-electron chi connectivity index (χ0n) is 18.0. The van der Waals surface area contributed by atoms with Crippen molar-refractivity contribution in [1.82, 2.24) is 0 Å². The summed E-state index contributed by atoms with van der Waals surface area (Å²) in [6.07, 6.45) is 12.2. The molecule has 2 aliphatic rings. The van der Waals surface area contributed by atoms with Gasteiger partial charge in [0, 0.05) is 30.8 Å². The van der Waals surface area contributed by atoms with Gasteiger partial charge in [-0.2, -0.15) is 0 Å². The lowest BCUT2D eigenvalue weighted by Gasteiger charge is -2.32. The molecule has 28 heavy (non-hydrogen) atoms. The first kappa shape index (κ1) is 23.5. The monoisotopic (exact) mass is 396 g/mol. The summed E-state index contributed by atoms with van der Waals surface area (Å²) in [6, 6.07) is 0. The highest BCUT2D eigenvalue weighted by Crippen LogP contribution is 2.48. The molecule has 0 bridgehead atoms. The van der Waals surface area contributed by atoms with Gasteiger partial charge in [-0.15, -0.1) is 0 Å². The van der Waals surface area contributed by atoms with Crippen LogP contribution in [0.1, 0.15) is 72.1 Å². The molecule has 2 unspecified atom stereocenters. The van der Waals surface area contributed by atoms with E-state index in [2.05, 4.69) is 13.0 Å². The molecule has 0 amide bonds. The Hall–Kier alpha value is -0.750. The summed E-state index contributed by atoms with van der Waals surface area (Å²) in [5.41, 5.74) is -0.319. The Morgan fingerprint density at radius 3 is 2.68 bits per heavy atom. The van der Waals surface area contributed by atoms with Crippen molar-refractivity contribution in [3.63, 3.8) is 0 Å². The standard InChI is InChI=1S/C23H40O5/c1-4-5-15-26-18-22(2,3)21(25)11-10-19-12-13-23(27-16-17-28-23)20(19)9-7-6-8-14-24/h10-11,14,19-21,25H,4-9,12-13,15-18H2,1-3H3/t19-,20?,21?/m1/s1. The molecule has 2 fully saturated rings. The Kier molecular flexibility index (Phi) is 9.61. The third-order valence-electron chi connectivity index (χ3n) is 6.23. The van der Waals surface area contributed by atoms with E-state index in [1.807, 2.05) is 19.9 Å². The highest BCUT2D eigenvalue weighted by atomic mass is 16.7. The molecule has 5 nitrogen and oxygen atoms in total. The molecule has 5 heteroatoms. The quantitative estimate of drug-likeness (QED) is 0.286. The fraction of sp³-hybridized carbons (Fsp3) is 0.870. The number of aliphatic hydroxyl groups excluding tert-OH is 1. The van der Waals surface area contributed by atoms with Gasteiger partial charge < -0.3 is 24.1 Å². The van der Waals surface area contributed by atoms with E-state index in [-0.39, 0.29) is 11.3 Å². The molecule has 1 saturated carbocycles. The largest absolute Gasteiger partial charge is 0.388 e. The molecule has 3 atom stereocenters. The van der Waals surface area contributed by atoms with E-state index < -0.39 is 11.9 Å². The molecule has 0 aromatic rings. The van der Waals surface area contributed by atoms with Gasteiger partial charge in [-0.3, -0.25) is 0 Å². The minimum Gasteiger partial charge on any atom is -0.388 e. The highest BCUT2D eigenvalue weighted by Gasteiger charge is 2.51. The number of carbonyl (C=O) groups excluding carboxylic acids is 1. The van der Waals surface area contributed by atoms with E-state index in [1.165, 1.54) is 0 Å². The Balaban J connectivity index is 1.94. The van der Waals surface area contributed by atoms with E-state index in [1.54, 1.807) is 0 Å². The summed E-state index contributed by atoms with van der Waals surface area (Å²) in [5.74, 6) is 0.162. The summed E-state index contributed by atoms with van der Waals surface area (Å²) >= 11 is 0. The first-order valence-corrected chi connectivity index (χ1v) is 11.1. The lowest BCUT2D eigenvalue weighted by Crippen LogP contribution is -2.36. The van der Waals surface area contributed by atoms with Gasteiger partial charge in [-0.25, -0.2) is 0 Å². The smallest absolute Gasteiger partial charge is 0.171 e. The molecule has 2 rings (SSSR count). The molecule has 0 aromatic carbocycles. The number of hydrogen-bond donors (Lipinski definition) is 1. The van der Waals surface area contributed by atoms with Crippen LogP contribution < -0.4 is 0 Å². The van der Waals surface area contributed by atoms with Crippen molar-refractivity contribution in [2.24, 2.45) is 17.3 Å². The average Bonchev–Trinajstić information content (AvgIpc) is 3.28. The van der Waals surface area contributed by atoms with Crippen molar-refractivity contribution in [1.29, 1.82) is 0 Å². The second-order valence-corrected chi connectivity index (χ2v) is 8.99. The maximum absolute atomic E-state index is 10.7. The van der Waals surface area contributed by atoms with Gasteiger partial charge in [0.15, 0.2) is 5.79 Å². The van der Waals surface area contributed by atoms with Crippen LogP contribution in [0.2, 0.25) is 0 Å². The van der Waals surface area contributed by atoms with Crippen molar-refractivity contribution in [3.05, 3.63) is 12.2 Å². The van der Waals surface area contributed by atoms with Crippen molar-refractivity contribution in [3.8, 4) is 0 Å². The van der Waals surface area contributed by atoms with Gasteiger partial charge in [0.1, 0.15) is 6.29 Å². The predicted octanol–water partition coefficient (Wildman–Crippen LogP) is 4.28. The molecule has 1 saturated heterocycles. The summed E-state index contributed by atoms with van der Waals surface area (Å²) < 4.78 is 17.8. The molecule has 0 aromatic heterocycles. The number of allylic oxidation sites excluding steroid dienone is 1. The van der Waals surface area contributed by atoms with E-state index in [0.29, 0.717) is 32.2 Å². The van der Waals surface area contributed by atoms with Gasteiger partial charge >= 0.3 is 0 Å². The number of aliphatic hydroxyl groups is 1. The number of unbranched alkanes of at least 4 members (excludes halogenated alkanes) is 3. The number of carbonyl (C=O) groups is 1. The summed E-state index contributed by atoms with van der Waals surface area (Å²) in [7, 11) is 0. The topological polar surface area (TPSA) is 65.0 Å². The summed E-state index contributed by atoms with van der Waals surface area (Å²) in [5, 5.41) is 10.7. The molecular weight excluding hydrogens is 356 g/mol. The average molecular weight is 397 g/mol. The van der Waals surface area contributed by atoms with Crippen LogP contribution in [0.3, 0.4) is 0 Å². The fourth-order valence-electron chi connectivity index (χ4n) is 4.34. The van der Waals surface area contributed by atoms with Crippen LogP contribution in [-0.2, 0) is 19.0 Å². The van der Waals surface area contributed by atoms with Crippen molar-refractivity contribution in [2.75, 3.05) is 26.4 Å². The van der Waals surface area contributed by atoms with Gasteiger partial charge in [0.25, 0.3) is 0 Å². The highest BCUT2D eigenvalue weighted by molar-refractivity contribution is 5.48. The van der Waals surface area contributed by atoms with Crippen LogP contribution in [0.4, 0.5) is 0 Å². The molecule has 1 aliphatic heterocycles. The van der Waals surface area contributed by atoms with Gasteiger partial charge in [0.05, 0.1) is 25.9 Å². The molecule has 1 aliphatic carbocycles. The zero-order valence-corrected chi connectivity index (χ0v) is 18.0. The van der Waals surface area contributed by atoms with Crippen molar-refractivity contribution in [2.45, 2.75) is 84.0 Å². The summed E-state index contributed by atoms with van der Waals surface area (Å²) in [4.78, 5) is 10.6. The Morgan fingerprint density at radius 2 is 2.00 bits per heavy atom. The third-order valence-corrected chi connectivity index (χ3v) is 6.23. The Bertz CT molecular complexity index is 481. The minimum absolute atomic E-state index is 0.286. The number of ether oxygens (including phenoxy) is 3. The lowest BCUT2D eigenvalue weighted by atomic mass is 9.84. The molecule has 1 heterocycles. The second kappa shape index (κ2) is 11.4. The van der Waals surface area contributed by atoms with Gasteiger partial charge in [-0.05, 0) is 31.6 Å². The van der Waals surface area contributed by atoms with Crippen LogP contribution >= 0.6 is 0 Å². The third kappa shape index (κ3) is 6.38. The van der Waals surface area contributed by atoms with Crippen molar-refractivity contribution >= 4 is 6.29 Å². The van der Waals surface area contributed by atoms with E-state index >= 15 is 0 Å². The zero-order chi connectivity index (χ0) is 20.5. The number of hydrogen-bond acceptors (Lipinski definition) is 5. The number of rotatable bonds is 13. The summed E-state index contributed by atoms with van der Waals surface area (Å²) in [6.45, 7) is 8.85. The van der Waals surface area contributed by atoms with Crippen LogP contribution in [-0.4, -0.2) is 49.7 Å². The minimum atomic E-state index is -0.549. The first-order chi connectivity index (χ1) is 13.4. The first-order valence-electron chi connectivity index (χ1n) is 11.1. The van der Waals surface area contributed by atoms with E-state index in [4.69, 9.17) is 14.2 Å². The lowest BCUT2D eigenvalue weighted by molar-refractivity contribution is -0.186. The maximum Gasteiger partial charge on any atom is 0.171 e. The predicted molar refractivity (Wildman–Crippen MR) is 110 cm³/mol. The van der Waals surface area contributed by atoms with Crippen LogP contribution in [0, 0.1) is 17.3 Å². The van der Waals surface area contributed by atoms with Gasteiger partial charge in [0.2, 0.25) is 0 Å². The van der Waals surface area contributed by atoms with E-state index in [9.17, 15) is 9.90 Å². The van der Waals surface area contributed by atoms with Crippen LogP contribution in [0.25, 0.3) is 0 Å². The van der Waals surface area contributed by atoms with Crippen LogP contribution in [0.15, 0.2) is 12.2 Å². The number of aldehydes is 1. The van der Waals surface area contributed by atoms with Gasteiger partial charge in [-0.1, -0.05) is 45.8 Å². The van der Waals surface area contributed by atoms with E-state index in [0.717, 1.165) is 57.8 Å². The molecule has 1 N–H and O–H groups in total. The SMILES string of the molecule is CCCCOCC(C)(C)C(O)C=C[C@@H]1CCC2(OCCO2)C1CCCCC=O. The molecular formula is C23H40O5. The normalized spacial score (nSPS) is 25.7. The molecule has 162 valence electrons. The second-order valence-electron chi connectivity index (χ2n) is 8.99. The Labute approximate surface area is 170 Å². The van der Waals surface area contributed by atoms with Crippen molar-refractivity contribution < 1.29 is 24.1 Å². The maximum atomic E-state index is 10.7. The molecule has 0 radical (unpaired) electrons. The Morgan fingerprint density at radius 1 is 1.25 bits per heavy atom.